The van der Waals surface area contributed by atoms with Crippen molar-refractivity contribution in [2.45, 2.75) is 59.3 Å². The number of ether oxygens (including phenoxy) is 1. The number of benzene rings is 6. The molecule has 8 heteroatoms. The molecule has 0 saturated heterocycles. The van der Waals surface area contributed by atoms with Gasteiger partial charge in [-0.05, 0) is 102 Å². The number of pyridine rings is 1. The zero-order valence-corrected chi connectivity index (χ0v) is 36.1. The molecule has 11 rings (SSSR count). The van der Waals surface area contributed by atoms with Crippen LogP contribution in [0.25, 0.3) is 50.1 Å². The zero-order valence-electron chi connectivity index (χ0n) is 36.1. The topological polar surface area (TPSA) is 72.2 Å². The summed E-state index contributed by atoms with van der Waals surface area (Å²) in [6.45, 7) is 15.8. The van der Waals surface area contributed by atoms with Crippen molar-refractivity contribution >= 4 is 44.6 Å². The Morgan fingerprint density at radius 2 is 1.31 bits per heavy atom. The lowest BCUT2D eigenvalue weighted by atomic mass is 9.82. The predicted octanol–water partition coefficient (Wildman–Crippen LogP) is 13.3. The minimum Gasteiger partial charge on any atom is -0.457 e. The summed E-state index contributed by atoms with van der Waals surface area (Å²) in [5.74, 6) is 4.47. The minimum atomic E-state index is -0.181. The van der Waals surface area contributed by atoms with Crippen molar-refractivity contribution < 1.29 is 4.74 Å². The number of hydrogen-bond acceptors (Lipinski definition) is 7. The Morgan fingerprint density at radius 1 is 0.597 bits per heavy atom. The molecule has 0 saturated carbocycles. The molecule has 1 aliphatic heterocycles. The van der Waals surface area contributed by atoms with E-state index in [0.29, 0.717) is 24.1 Å². The highest BCUT2D eigenvalue weighted by molar-refractivity contribution is 6.09. The predicted molar refractivity (Wildman–Crippen MR) is 252 cm³/mol. The van der Waals surface area contributed by atoms with Crippen molar-refractivity contribution in [3.05, 3.63) is 174 Å². The van der Waals surface area contributed by atoms with E-state index in [1.54, 1.807) is 0 Å². The van der Waals surface area contributed by atoms with Crippen LogP contribution in [0.4, 0.5) is 22.7 Å². The van der Waals surface area contributed by atoms with Gasteiger partial charge in [0.05, 0.1) is 28.1 Å². The van der Waals surface area contributed by atoms with Crippen LogP contribution in [0.1, 0.15) is 63.0 Å². The lowest BCUT2D eigenvalue weighted by molar-refractivity contribution is 0.483. The van der Waals surface area contributed by atoms with E-state index in [2.05, 4.69) is 187 Å². The number of anilines is 4. The Balaban J connectivity index is 1.00. The summed E-state index contributed by atoms with van der Waals surface area (Å²) in [6.07, 6.45) is 1.92. The molecule has 6 aromatic carbocycles. The van der Waals surface area contributed by atoms with Crippen LogP contribution in [-0.4, -0.2) is 31.2 Å². The highest BCUT2D eigenvalue weighted by atomic mass is 16.5. The Labute approximate surface area is 362 Å². The van der Waals surface area contributed by atoms with Crippen molar-refractivity contribution in [2.75, 3.05) is 16.5 Å². The van der Waals surface area contributed by atoms with Gasteiger partial charge in [-0.25, -0.2) is 19.9 Å². The van der Waals surface area contributed by atoms with Crippen molar-refractivity contribution in [3.63, 3.8) is 0 Å². The maximum atomic E-state index is 6.78. The Morgan fingerprint density at radius 3 is 2.11 bits per heavy atom. The van der Waals surface area contributed by atoms with Crippen molar-refractivity contribution in [1.82, 2.24) is 24.5 Å². The van der Waals surface area contributed by atoms with Gasteiger partial charge >= 0.3 is 0 Å². The molecule has 0 amide bonds. The molecule has 0 spiro atoms. The fourth-order valence-corrected chi connectivity index (χ4v) is 9.72. The van der Waals surface area contributed by atoms with Crippen molar-refractivity contribution in [3.8, 4) is 39.8 Å². The van der Waals surface area contributed by atoms with Gasteiger partial charge in [0.15, 0.2) is 5.82 Å². The van der Waals surface area contributed by atoms with Gasteiger partial charge in [-0.2, -0.15) is 0 Å². The first-order chi connectivity index (χ1) is 29.9. The van der Waals surface area contributed by atoms with Gasteiger partial charge in [0.25, 0.3) is 0 Å². The van der Waals surface area contributed by atoms with E-state index >= 15 is 0 Å². The van der Waals surface area contributed by atoms with E-state index in [1.807, 2.05) is 26.1 Å². The van der Waals surface area contributed by atoms with Gasteiger partial charge in [0, 0.05) is 51.3 Å². The standard InChI is InChI=1S/C54H47N7O/c1-33-56-34(2)58-52(57-33)42-25-26-44-50(41-18-8-10-19-43(41)54(44,6)7)51(42)60-32-59(46-21-12-13-22-47(46)60)36-15-14-16-37(30-36)62-38-23-24-40-39-17-9-11-20-45(39)61(48(40)31-38)49-29-35(27-28-55-49)53(3,4)5/h8-31H,32H2,1-7H3. The molecule has 0 unspecified atom stereocenters. The molecule has 304 valence electrons. The summed E-state index contributed by atoms with van der Waals surface area (Å²) in [4.78, 5) is 24.1. The number of aromatic nitrogens is 5. The lowest BCUT2D eigenvalue weighted by Crippen LogP contribution is -2.25. The Kier molecular flexibility index (Phi) is 8.42. The summed E-state index contributed by atoms with van der Waals surface area (Å²) in [5.41, 5.74) is 13.6. The maximum absolute atomic E-state index is 6.78. The van der Waals surface area contributed by atoms with Crippen LogP contribution >= 0.6 is 0 Å². The van der Waals surface area contributed by atoms with Gasteiger partial charge in [-0.1, -0.05) is 101 Å². The van der Waals surface area contributed by atoms with Crippen LogP contribution in [0.5, 0.6) is 11.5 Å². The highest BCUT2D eigenvalue weighted by Crippen LogP contribution is 2.57. The molecule has 8 nitrogen and oxygen atoms in total. The summed E-state index contributed by atoms with van der Waals surface area (Å²) in [5, 5.41) is 2.33. The first-order valence-electron chi connectivity index (χ1n) is 21.3. The van der Waals surface area contributed by atoms with Crippen LogP contribution in [0.15, 0.2) is 146 Å². The summed E-state index contributed by atoms with van der Waals surface area (Å²) in [7, 11) is 0. The third-order valence-electron chi connectivity index (χ3n) is 12.7. The van der Waals surface area contributed by atoms with E-state index in [-0.39, 0.29) is 10.8 Å². The largest absolute Gasteiger partial charge is 0.457 e. The third-order valence-corrected chi connectivity index (χ3v) is 12.7. The average molecular weight is 810 g/mol. The number of rotatable bonds is 6. The highest BCUT2D eigenvalue weighted by Gasteiger charge is 2.41. The molecule has 0 bridgehead atoms. The molecule has 4 heterocycles. The molecule has 0 fully saturated rings. The van der Waals surface area contributed by atoms with Gasteiger partial charge < -0.3 is 14.5 Å². The molecule has 0 radical (unpaired) electrons. The second-order valence-corrected chi connectivity index (χ2v) is 18.1. The number of nitrogens with zero attached hydrogens (tertiary/aromatic N) is 7. The van der Waals surface area contributed by atoms with E-state index in [9.17, 15) is 0 Å². The van der Waals surface area contributed by atoms with Crippen LogP contribution < -0.4 is 14.5 Å². The molecular formula is C54H47N7O. The summed E-state index contributed by atoms with van der Waals surface area (Å²) < 4.78 is 9.03. The monoisotopic (exact) mass is 809 g/mol. The van der Waals surface area contributed by atoms with Crippen molar-refractivity contribution in [1.29, 1.82) is 0 Å². The zero-order chi connectivity index (χ0) is 42.5. The molecule has 1 aliphatic carbocycles. The molecule has 0 atom stereocenters. The van der Waals surface area contributed by atoms with Crippen LogP contribution in [0, 0.1) is 13.8 Å². The van der Waals surface area contributed by atoms with Gasteiger partial charge in [0.1, 0.15) is 35.6 Å². The minimum absolute atomic E-state index is 0.0132. The smallest absolute Gasteiger partial charge is 0.165 e. The molecule has 9 aromatic rings. The SMILES string of the molecule is Cc1nc(C)nc(-c2ccc3c(c2N2CN(c4cccc(Oc5ccc6c7ccccc7n(-c7cc(C(C)(C)C)ccn7)c6c5)c4)c4ccccc42)-c2ccccc2C3(C)C)n1. The van der Waals surface area contributed by atoms with Crippen LogP contribution in [0.3, 0.4) is 0 Å². The quantitative estimate of drug-likeness (QED) is 0.166. The molecule has 3 aromatic heterocycles. The average Bonchev–Trinajstić information content (AvgIpc) is 3.88. The number of aryl methyl sites for hydroxylation is 2. The van der Waals surface area contributed by atoms with Gasteiger partial charge in [-0.15, -0.1) is 0 Å². The normalized spacial score (nSPS) is 14.0. The molecule has 0 N–H and O–H groups in total. The number of para-hydroxylation sites is 3. The van der Waals surface area contributed by atoms with Gasteiger partial charge in [0.2, 0.25) is 0 Å². The Hall–Kier alpha value is -7.32. The van der Waals surface area contributed by atoms with E-state index < -0.39 is 0 Å². The summed E-state index contributed by atoms with van der Waals surface area (Å²) in [6, 6.07) is 49.6. The first-order valence-corrected chi connectivity index (χ1v) is 21.3. The van der Waals surface area contributed by atoms with Crippen LogP contribution in [0.2, 0.25) is 0 Å². The number of fused-ring (bicyclic) bond motifs is 7. The molecule has 62 heavy (non-hydrogen) atoms. The molecular weight excluding hydrogens is 763 g/mol. The Bertz CT molecular complexity index is 3250. The van der Waals surface area contributed by atoms with E-state index in [1.165, 1.54) is 33.2 Å². The molecule has 2 aliphatic rings. The fraction of sp³-hybridized carbons (Fsp3) is 0.185. The van der Waals surface area contributed by atoms with E-state index in [0.717, 1.165) is 62.0 Å². The maximum Gasteiger partial charge on any atom is 0.165 e. The second kappa shape index (κ2) is 13.9. The second-order valence-electron chi connectivity index (χ2n) is 18.1. The first kappa shape index (κ1) is 37.7. The third kappa shape index (κ3) is 5.96. The van der Waals surface area contributed by atoms with Gasteiger partial charge in [-0.3, -0.25) is 4.57 Å². The van der Waals surface area contributed by atoms with E-state index in [4.69, 9.17) is 19.7 Å². The lowest BCUT2D eigenvalue weighted by Gasteiger charge is -2.28. The number of hydrogen-bond donors (Lipinski definition) is 0. The van der Waals surface area contributed by atoms with Crippen molar-refractivity contribution in [2.24, 2.45) is 0 Å². The fourth-order valence-electron chi connectivity index (χ4n) is 9.72. The summed E-state index contributed by atoms with van der Waals surface area (Å²) >= 11 is 0. The van der Waals surface area contributed by atoms with Crippen LogP contribution in [-0.2, 0) is 10.8 Å².